The molecule has 0 unspecified atom stereocenters. The summed E-state index contributed by atoms with van der Waals surface area (Å²) in [6.45, 7) is 4.81. The van der Waals surface area contributed by atoms with E-state index in [1.807, 2.05) is 0 Å². The molecule has 2 aromatic heterocycles. The summed E-state index contributed by atoms with van der Waals surface area (Å²) in [7, 11) is 0. The second kappa shape index (κ2) is 8.37. The molecule has 4 rings (SSSR count). The van der Waals surface area contributed by atoms with E-state index in [1.165, 1.54) is 24.3 Å². The summed E-state index contributed by atoms with van der Waals surface area (Å²) in [5.74, 6) is -0.884. The summed E-state index contributed by atoms with van der Waals surface area (Å²) in [6.07, 6.45) is 3.23. The zero-order valence-electron chi connectivity index (χ0n) is 16.5. The predicted molar refractivity (Wildman–Crippen MR) is 115 cm³/mol. The first-order valence-corrected chi connectivity index (χ1v) is 10.7. The van der Waals surface area contributed by atoms with Crippen LogP contribution in [0.1, 0.15) is 31.7 Å². The van der Waals surface area contributed by atoms with Crippen molar-refractivity contribution in [2.24, 2.45) is 0 Å². The standard InChI is InChI=1S/C21H20ClFN4O2S/c1-12(28)25-14-5-3-4-13(16(14)23)17-18(15-6-9-24-20(22)26-15)30-19(27-17)21(2)7-10-29-11-8-21/h3-6,9H,7-8,10-11H2,1-2H3,(H,25,28). The van der Waals surface area contributed by atoms with E-state index in [4.69, 9.17) is 21.3 Å². The molecule has 1 amide bonds. The van der Waals surface area contributed by atoms with Gasteiger partial charge in [-0.15, -0.1) is 11.3 Å². The van der Waals surface area contributed by atoms with Gasteiger partial charge in [-0.25, -0.2) is 19.3 Å². The fourth-order valence-corrected chi connectivity index (χ4v) is 4.83. The molecule has 30 heavy (non-hydrogen) atoms. The van der Waals surface area contributed by atoms with E-state index in [1.54, 1.807) is 24.4 Å². The van der Waals surface area contributed by atoms with Crippen molar-refractivity contribution in [2.75, 3.05) is 18.5 Å². The largest absolute Gasteiger partial charge is 0.381 e. The lowest BCUT2D eigenvalue weighted by molar-refractivity contribution is -0.114. The Kier molecular flexibility index (Phi) is 5.81. The van der Waals surface area contributed by atoms with Crippen LogP contribution >= 0.6 is 22.9 Å². The molecule has 0 saturated carbocycles. The predicted octanol–water partition coefficient (Wildman–Crippen LogP) is 5.09. The molecule has 1 aliphatic rings. The van der Waals surface area contributed by atoms with E-state index < -0.39 is 5.82 Å². The Bertz CT molecular complexity index is 1100. The molecule has 3 heterocycles. The van der Waals surface area contributed by atoms with E-state index in [-0.39, 0.29) is 22.3 Å². The van der Waals surface area contributed by atoms with Gasteiger partial charge in [-0.3, -0.25) is 4.79 Å². The first kappa shape index (κ1) is 20.8. The molecular weight excluding hydrogens is 427 g/mol. The summed E-state index contributed by atoms with van der Waals surface area (Å²) in [5.41, 5.74) is 1.29. The summed E-state index contributed by atoms with van der Waals surface area (Å²) in [5, 5.41) is 3.54. The number of halogens is 2. The third-order valence-corrected chi connectivity index (χ3v) is 6.73. The molecule has 1 aromatic carbocycles. The molecule has 156 valence electrons. The summed E-state index contributed by atoms with van der Waals surface area (Å²) < 4.78 is 20.8. The van der Waals surface area contributed by atoms with Gasteiger partial charge in [0.2, 0.25) is 11.2 Å². The third kappa shape index (κ3) is 4.08. The number of anilines is 1. The maximum atomic E-state index is 15.3. The van der Waals surface area contributed by atoms with Crippen molar-refractivity contribution >= 4 is 34.5 Å². The van der Waals surface area contributed by atoms with Gasteiger partial charge in [-0.2, -0.15) is 0 Å². The van der Waals surface area contributed by atoms with Crippen LogP contribution in [0.5, 0.6) is 0 Å². The minimum Gasteiger partial charge on any atom is -0.381 e. The van der Waals surface area contributed by atoms with Crippen LogP contribution in [0.15, 0.2) is 30.5 Å². The van der Waals surface area contributed by atoms with Gasteiger partial charge in [0.15, 0.2) is 5.82 Å². The number of aromatic nitrogens is 3. The SMILES string of the molecule is CC(=O)Nc1cccc(-c2nc(C3(C)CCOCC3)sc2-c2ccnc(Cl)n2)c1F. The maximum absolute atomic E-state index is 15.3. The minimum absolute atomic E-state index is 0.109. The second-order valence-corrected chi connectivity index (χ2v) is 8.77. The second-order valence-electron chi connectivity index (χ2n) is 7.43. The van der Waals surface area contributed by atoms with Crippen LogP contribution in [-0.4, -0.2) is 34.1 Å². The number of carbonyl (C=O) groups is 1. The van der Waals surface area contributed by atoms with Gasteiger partial charge in [0.1, 0.15) is 0 Å². The van der Waals surface area contributed by atoms with Crippen LogP contribution in [0.4, 0.5) is 10.1 Å². The highest BCUT2D eigenvalue weighted by Crippen LogP contribution is 2.44. The fraction of sp³-hybridized carbons (Fsp3) is 0.333. The number of carbonyl (C=O) groups excluding carboxylic acids is 1. The summed E-state index contributed by atoms with van der Waals surface area (Å²) in [6, 6.07) is 6.59. The molecule has 1 N–H and O–H groups in total. The highest BCUT2D eigenvalue weighted by atomic mass is 35.5. The Balaban J connectivity index is 1.89. The molecule has 0 spiro atoms. The zero-order valence-corrected chi connectivity index (χ0v) is 18.1. The van der Waals surface area contributed by atoms with Crippen LogP contribution in [0.25, 0.3) is 21.8 Å². The van der Waals surface area contributed by atoms with Gasteiger partial charge in [0.05, 0.1) is 27.0 Å². The van der Waals surface area contributed by atoms with Gasteiger partial charge < -0.3 is 10.1 Å². The summed E-state index contributed by atoms with van der Waals surface area (Å²) >= 11 is 7.49. The quantitative estimate of drug-likeness (QED) is 0.565. The number of thiazole rings is 1. The fourth-order valence-electron chi connectivity index (χ4n) is 3.43. The molecule has 3 aromatic rings. The van der Waals surface area contributed by atoms with Gasteiger partial charge in [0, 0.05) is 37.3 Å². The number of ether oxygens (including phenoxy) is 1. The average molecular weight is 447 g/mol. The van der Waals surface area contributed by atoms with Crippen molar-refractivity contribution in [3.63, 3.8) is 0 Å². The van der Waals surface area contributed by atoms with Gasteiger partial charge in [-0.1, -0.05) is 13.0 Å². The van der Waals surface area contributed by atoms with Gasteiger partial charge in [0.25, 0.3) is 0 Å². The van der Waals surface area contributed by atoms with E-state index in [0.717, 1.165) is 17.8 Å². The lowest BCUT2D eigenvalue weighted by Crippen LogP contribution is -2.30. The Morgan fingerprint density at radius 2 is 2.03 bits per heavy atom. The van der Waals surface area contributed by atoms with E-state index in [9.17, 15) is 4.79 Å². The molecular formula is C21H20ClFN4O2S. The maximum Gasteiger partial charge on any atom is 0.222 e. The Hall–Kier alpha value is -2.42. The lowest BCUT2D eigenvalue weighted by atomic mass is 9.83. The minimum atomic E-state index is -0.539. The number of benzene rings is 1. The van der Waals surface area contributed by atoms with Gasteiger partial charge in [-0.05, 0) is 42.6 Å². The molecule has 0 radical (unpaired) electrons. The third-order valence-electron chi connectivity index (χ3n) is 5.16. The smallest absolute Gasteiger partial charge is 0.222 e. The zero-order chi connectivity index (χ0) is 21.3. The number of nitrogens with zero attached hydrogens (tertiary/aromatic N) is 3. The van der Waals surface area contributed by atoms with Crippen molar-refractivity contribution < 1.29 is 13.9 Å². The van der Waals surface area contributed by atoms with Crippen LogP contribution in [-0.2, 0) is 14.9 Å². The first-order chi connectivity index (χ1) is 14.4. The molecule has 1 saturated heterocycles. The Labute approximate surface area is 182 Å². The van der Waals surface area contributed by atoms with Crippen molar-refractivity contribution in [1.82, 2.24) is 15.0 Å². The number of nitrogens with one attached hydrogen (secondary N) is 1. The number of amides is 1. The van der Waals surface area contributed by atoms with Crippen LogP contribution < -0.4 is 5.32 Å². The summed E-state index contributed by atoms with van der Waals surface area (Å²) in [4.78, 5) is 25.3. The first-order valence-electron chi connectivity index (χ1n) is 9.52. The molecule has 9 heteroatoms. The van der Waals surface area contributed by atoms with Crippen LogP contribution in [0.3, 0.4) is 0 Å². The molecule has 1 fully saturated rings. The van der Waals surface area contributed by atoms with Crippen LogP contribution in [0.2, 0.25) is 5.28 Å². The monoisotopic (exact) mass is 446 g/mol. The lowest BCUT2D eigenvalue weighted by Gasteiger charge is -2.31. The average Bonchev–Trinajstić information content (AvgIpc) is 3.16. The molecule has 0 bridgehead atoms. The number of rotatable bonds is 4. The van der Waals surface area contributed by atoms with Crippen molar-refractivity contribution in [2.45, 2.75) is 32.1 Å². The molecule has 6 nitrogen and oxygen atoms in total. The molecule has 0 aliphatic carbocycles. The molecule has 1 aliphatic heterocycles. The Morgan fingerprint density at radius 1 is 1.27 bits per heavy atom. The van der Waals surface area contributed by atoms with Crippen molar-refractivity contribution in [3.8, 4) is 21.8 Å². The normalized spacial score (nSPS) is 15.7. The Morgan fingerprint density at radius 3 is 2.73 bits per heavy atom. The topological polar surface area (TPSA) is 77.0 Å². The van der Waals surface area contributed by atoms with E-state index >= 15 is 4.39 Å². The highest BCUT2D eigenvalue weighted by Gasteiger charge is 2.34. The number of hydrogen-bond acceptors (Lipinski definition) is 6. The van der Waals surface area contributed by atoms with Gasteiger partial charge >= 0.3 is 0 Å². The van der Waals surface area contributed by atoms with E-state index in [0.29, 0.717) is 35.0 Å². The van der Waals surface area contributed by atoms with Crippen molar-refractivity contribution in [3.05, 3.63) is 46.6 Å². The number of hydrogen-bond donors (Lipinski definition) is 1. The highest BCUT2D eigenvalue weighted by molar-refractivity contribution is 7.15. The van der Waals surface area contributed by atoms with E-state index in [2.05, 4.69) is 22.2 Å². The van der Waals surface area contributed by atoms with Crippen LogP contribution in [0, 0.1) is 5.82 Å². The molecule has 0 atom stereocenters. The van der Waals surface area contributed by atoms with Crippen molar-refractivity contribution in [1.29, 1.82) is 0 Å².